The maximum atomic E-state index is 11.2. The Labute approximate surface area is 75.7 Å². The molecule has 1 rings (SSSR count). The van der Waals surface area contributed by atoms with Gasteiger partial charge in [-0.2, -0.15) is 0 Å². The predicted molar refractivity (Wildman–Crippen MR) is 45.2 cm³/mol. The number of nitrogens with one attached hydrogen (secondary N) is 1. The smallest absolute Gasteiger partial charge is 0.405 e. The van der Waals surface area contributed by atoms with Gasteiger partial charge >= 0.3 is 6.09 Å². The highest BCUT2D eigenvalue weighted by Crippen LogP contribution is 2.06. The van der Waals surface area contributed by atoms with Gasteiger partial charge in [-0.15, -0.1) is 0 Å². The highest BCUT2D eigenvalue weighted by atomic mass is 16.4. The summed E-state index contributed by atoms with van der Waals surface area (Å²) in [6.45, 7) is 0.990. The summed E-state index contributed by atoms with van der Waals surface area (Å²) in [5.74, 6) is -0.213. The van der Waals surface area contributed by atoms with Crippen molar-refractivity contribution in [3.63, 3.8) is 0 Å². The molecule has 0 unspecified atom stereocenters. The van der Waals surface area contributed by atoms with Crippen LogP contribution in [0.5, 0.6) is 0 Å². The van der Waals surface area contributed by atoms with E-state index in [9.17, 15) is 9.59 Å². The summed E-state index contributed by atoms with van der Waals surface area (Å²) >= 11 is 0. The number of nitrogens with two attached hydrogens (primary N) is 1. The molecule has 0 aromatic rings. The van der Waals surface area contributed by atoms with Gasteiger partial charge in [0.1, 0.15) is 6.54 Å². The van der Waals surface area contributed by atoms with Gasteiger partial charge in [0.2, 0.25) is 5.91 Å². The number of amides is 2. The van der Waals surface area contributed by atoms with E-state index in [1.54, 1.807) is 4.90 Å². The van der Waals surface area contributed by atoms with Crippen LogP contribution in [0.2, 0.25) is 0 Å². The van der Waals surface area contributed by atoms with E-state index in [0.29, 0.717) is 13.1 Å². The number of carbonyl (C=O) groups excluding carboxylic acids is 1. The molecule has 0 aliphatic carbocycles. The predicted octanol–water partition coefficient (Wildman–Crippen LogP) is -1.19. The SMILES string of the molecule is N[C@H]1CCN(C(=O)CNC(=O)O)C1. The summed E-state index contributed by atoms with van der Waals surface area (Å²) in [5.41, 5.74) is 5.59. The zero-order valence-electron chi connectivity index (χ0n) is 7.19. The fourth-order valence-electron chi connectivity index (χ4n) is 1.28. The standard InChI is InChI=1S/C7H13N3O3/c8-5-1-2-10(4-5)6(11)3-9-7(12)13/h5,9H,1-4,8H2,(H,12,13)/t5-/m0/s1. The van der Waals surface area contributed by atoms with Crippen LogP contribution in [0.1, 0.15) is 6.42 Å². The molecule has 0 radical (unpaired) electrons. The van der Waals surface area contributed by atoms with Crippen molar-refractivity contribution in [2.45, 2.75) is 12.5 Å². The average Bonchev–Trinajstić information content (AvgIpc) is 2.47. The number of rotatable bonds is 2. The third-order valence-electron chi connectivity index (χ3n) is 1.97. The minimum absolute atomic E-state index is 0.0359. The zero-order valence-corrected chi connectivity index (χ0v) is 7.19. The molecule has 13 heavy (non-hydrogen) atoms. The van der Waals surface area contributed by atoms with Crippen molar-refractivity contribution in [2.24, 2.45) is 5.73 Å². The molecule has 1 heterocycles. The average molecular weight is 187 g/mol. The Morgan fingerprint density at radius 3 is 2.77 bits per heavy atom. The topological polar surface area (TPSA) is 95.7 Å². The molecule has 1 aliphatic rings. The molecule has 1 atom stereocenters. The largest absolute Gasteiger partial charge is 0.465 e. The highest BCUT2D eigenvalue weighted by molar-refractivity contribution is 5.82. The Hall–Kier alpha value is -1.30. The molecule has 0 aromatic carbocycles. The summed E-state index contributed by atoms with van der Waals surface area (Å²) in [7, 11) is 0. The van der Waals surface area contributed by atoms with Crippen molar-refractivity contribution >= 4 is 12.0 Å². The lowest BCUT2D eigenvalue weighted by atomic mass is 10.3. The van der Waals surface area contributed by atoms with Crippen molar-refractivity contribution in [1.29, 1.82) is 0 Å². The Balaban J connectivity index is 2.27. The van der Waals surface area contributed by atoms with Gasteiger partial charge in [-0.05, 0) is 6.42 Å². The zero-order chi connectivity index (χ0) is 9.84. The first-order valence-corrected chi connectivity index (χ1v) is 4.09. The van der Waals surface area contributed by atoms with E-state index in [4.69, 9.17) is 10.8 Å². The van der Waals surface area contributed by atoms with E-state index < -0.39 is 6.09 Å². The number of carbonyl (C=O) groups is 2. The van der Waals surface area contributed by atoms with Crippen LogP contribution in [0, 0.1) is 0 Å². The lowest BCUT2D eigenvalue weighted by molar-refractivity contribution is -0.129. The molecule has 4 N–H and O–H groups in total. The minimum Gasteiger partial charge on any atom is -0.465 e. The Bertz CT molecular complexity index is 219. The van der Waals surface area contributed by atoms with Gasteiger partial charge in [0.05, 0.1) is 0 Å². The van der Waals surface area contributed by atoms with Crippen LogP contribution in [0.25, 0.3) is 0 Å². The number of likely N-dealkylation sites (tertiary alicyclic amines) is 1. The van der Waals surface area contributed by atoms with Crippen LogP contribution < -0.4 is 11.1 Å². The summed E-state index contributed by atoms with van der Waals surface area (Å²) in [6.07, 6.45) is -0.393. The lowest BCUT2D eigenvalue weighted by Gasteiger charge is -2.14. The van der Waals surface area contributed by atoms with Gasteiger partial charge in [0.15, 0.2) is 0 Å². The summed E-state index contributed by atoms with van der Waals surface area (Å²) in [6, 6.07) is 0.0359. The normalized spacial score (nSPS) is 21.6. The Morgan fingerprint density at radius 1 is 1.62 bits per heavy atom. The van der Waals surface area contributed by atoms with Crippen molar-refractivity contribution < 1.29 is 14.7 Å². The second-order valence-corrected chi connectivity index (χ2v) is 3.05. The second-order valence-electron chi connectivity index (χ2n) is 3.05. The van der Waals surface area contributed by atoms with E-state index in [-0.39, 0.29) is 18.5 Å². The molecule has 0 saturated carbocycles. The van der Waals surface area contributed by atoms with Gasteiger partial charge in [0.25, 0.3) is 0 Å². The van der Waals surface area contributed by atoms with Gasteiger partial charge in [-0.25, -0.2) is 4.79 Å². The van der Waals surface area contributed by atoms with Crippen LogP contribution in [-0.4, -0.2) is 47.7 Å². The highest BCUT2D eigenvalue weighted by Gasteiger charge is 2.23. The molecule has 0 spiro atoms. The Morgan fingerprint density at radius 2 is 2.31 bits per heavy atom. The van der Waals surface area contributed by atoms with Crippen molar-refractivity contribution in [2.75, 3.05) is 19.6 Å². The summed E-state index contributed by atoms with van der Waals surface area (Å²) in [4.78, 5) is 22.9. The maximum absolute atomic E-state index is 11.2. The molecule has 74 valence electrons. The third kappa shape index (κ3) is 2.90. The van der Waals surface area contributed by atoms with Crippen molar-refractivity contribution in [3.05, 3.63) is 0 Å². The molecule has 0 bridgehead atoms. The van der Waals surface area contributed by atoms with Gasteiger partial charge in [0, 0.05) is 19.1 Å². The van der Waals surface area contributed by atoms with E-state index in [1.165, 1.54) is 0 Å². The molecular weight excluding hydrogens is 174 g/mol. The maximum Gasteiger partial charge on any atom is 0.405 e. The molecule has 6 nitrogen and oxygen atoms in total. The van der Waals surface area contributed by atoms with Gasteiger partial charge < -0.3 is 21.1 Å². The molecule has 1 fully saturated rings. The quantitative estimate of drug-likeness (QED) is 0.506. The fraction of sp³-hybridized carbons (Fsp3) is 0.714. The molecule has 2 amide bonds. The molecular formula is C7H13N3O3. The van der Waals surface area contributed by atoms with Crippen molar-refractivity contribution in [3.8, 4) is 0 Å². The second kappa shape index (κ2) is 4.08. The van der Waals surface area contributed by atoms with E-state index >= 15 is 0 Å². The van der Waals surface area contributed by atoms with Crippen LogP contribution in [0.15, 0.2) is 0 Å². The number of nitrogens with zero attached hydrogens (tertiary/aromatic N) is 1. The third-order valence-corrected chi connectivity index (χ3v) is 1.97. The van der Waals surface area contributed by atoms with Gasteiger partial charge in [-0.1, -0.05) is 0 Å². The van der Waals surface area contributed by atoms with Gasteiger partial charge in [-0.3, -0.25) is 4.79 Å². The molecule has 6 heteroatoms. The minimum atomic E-state index is -1.18. The van der Waals surface area contributed by atoms with Crippen LogP contribution in [0.4, 0.5) is 4.79 Å². The van der Waals surface area contributed by atoms with E-state index in [1.807, 2.05) is 5.32 Å². The van der Waals surface area contributed by atoms with Crippen LogP contribution in [-0.2, 0) is 4.79 Å². The van der Waals surface area contributed by atoms with Crippen LogP contribution in [0.3, 0.4) is 0 Å². The van der Waals surface area contributed by atoms with Crippen molar-refractivity contribution in [1.82, 2.24) is 10.2 Å². The first-order valence-electron chi connectivity index (χ1n) is 4.09. The Kier molecular flexibility index (Phi) is 3.07. The molecule has 0 aromatic heterocycles. The first-order chi connectivity index (χ1) is 6.09. The first kappa shape index (κ1) is 9.79. The monoisotopic (exact) mass is 187 g/mol. The summed E-state index contributed by atoms with van der Waals surface area (Å²) in [5, 5.41) is 10.3. The van der Waals surface area contributed by atoms with Crippen LogP contribution >= 0.6 is 0 Å². The number of hydrogen-bond donors (Lipinski definition) is 3. The molecule has 1 saturated heterocycles. The number of hydrogen-bond acceptors (Lipinski definition) is 3. The van der Waals surface area contributed by atoms with E-state index in [2.05, 4.69) is 0 Å². The molecule has 1 aliphatic heterocycles. The lowest BCUT2D eigenvalue weighted by Crippen LogP contribution is -2.39. The van der Waals surface area contributed by atoms with E-state index in [0.717, 1.165) is 6.42 Å². The number of carboxylic acid groups (broad SMARTS) is 1. The summed E-state index contributed by atoms with van der Waals surface area (Å²) < 4.78 is 0. The fourth-order valence-corrected chi connectivity index (χ4v) is 1.28.